The second-order valence-electron chi connectivity index (χ2n) is 9.30. The molecule has 0 radical (unpaired) electrons. The van der Waals surface area contributed by atoms with Gasteiger partial charge in [0.2, 0.25) is 0 Å². The Hall–Kier alpha value is -4.64. The number of amides is 1. The molecule has 0 saturated carbocycles. The van der Waals surface area contributed by atoms with Gasteiger partial charge in [-0.25, -0.2) is 18.2 Å². The van der Waals surface area contributed by atoms with E-state index in [2.05, 4.69) is 15.6 Å². The van der Waals surface area contributed by atoms with Gasteiger partial charge in [0.05, 0.1) is 41.2 Å². The van der Waals surface area contributed by atoms with Crippen molar-refractivity contribution in [3.8, 4) is 5.75 Å². The molecule has 212 valence electrons. The highest BCUT2D eigenvalue weighted by atomic mass is 32.2. The molecule has 2 aliphatic heterocycles. The van der Waals surface area contributed by atoms with Crippen molar-refractivity contribution in [2.75, 3.05) is 29.9 Å². The quantitative estimate of drug-likeness (QED) is 0.396. The number of sulfonamides is 1. The first kappa shape index (κ1) is 27.9. The smallest absolute Gasteiger partial charge is 0.343 e. The van der Waals surface area contributed by atoms with E-state index < -0.39 is 21.9 Å². The summed E-state index contributed by atoms with van der Waals surface area (Å²) in [5.74, 6) is -1.21. The maximum atomic E-state index is 13.8. The SMILES string of the molecule is CCOC(=O)C1=C(CC)Nc2ccccc2N=C1NC(=O)c1cc(S(=O)(=O)N2CCc3ccccc32)ccc1OC. The number of aliphatic imine (C=N–C) groups is 1. The Kier molecular flexibility index (Phi) is 7.80. The van der Waals surface area contributed by atoms with Crippen molar-refractivity contribution >= 4 is 44.8 Å². The van der Waals surface area contributed by atoms with Crippen LogP contribution in [-0.2, 0) is 26.0 Å². The molecule has 41 heavy (non-hydrogen) atoms. The zero-order chi connectivity index (χ0) is 29.1. The van der Waals surface area contributed by atoms with Crippen molar-refractivity contribution in [1.82, 2.24) is 5.32 Å². The first-order chi connectivity index (χ1) is 19.8. The fourth-order valence-electron chi connectivity index (χ4n) is 4.88. The summed E-state index contributed by atoms with van der Waals surface area (Å²) in [6, 6.07) is 18.6. The topological polar surface area (TPSA) is 126 Å². The van der Waals surface area contributed by atoms with Gasteiger partial charge in [0.15, 0.2) is 0 Å². The lowest BCUT2D eigenvalue weighted by molar-refractivity contribution is -0.137. The molecule has 11 heteroatoms. The van der Waals surface area contributed by atoms with Crippen LogP contribution >= 0.6 is 0 Å². The molecule has 0 spiro atoms. The predicted molar refractivity (Wildman–Crippen MR) is 156 cm³/mol. The van der Waals surface area contributed by atoms with Crippen LogP contribution in [-0.4, -0.2) is 46.4 Å². The molecule has 0 fully saturated rings. The van der Waals surface area contributed by atoms with E-state index in [1.165, 1.54) is 29.6 Å². The summed E-state index contributed by atoms with van der Waals surface area (Å²) in [7, 11) is -2.59. The minimum atomic E-state index is -3.98. The molecule has 1 amide bonds. The van der Waals surface area contributed by atoms with E-state index in [4.69, 9.17) is 9.47 Å². The summed E-state index contributed by atoms with van der Waals surface area (Å²) in [4.78, 5) is 31.4. The van der Waals surface area contributed by atoms with Crippen molar-refractivity contribution in [2.45, 2.75) is 31.6 Å². The standard InChI is InChI=1S/C30H30N4O6S/c1-4-22-27(30(36)40-5-2)28(32-24-12-8-7-11-23(24)31-22)33-29(35)21-18-20(14-15-26(21)39-3)41(37,38)34-17-16-19-10-6-9-13-25(19)34/h6-15,18,31H,4-5,16-17H2,1-3H3,(H,32,33,35). The molecule has 10 nitrogen and oxygen atoms in total. The third-order valence-corrected chi connectivity index (χ3v) is 8.68. The molecule has 0 bridgehead atoms. The van der Waals surface area contributed by atoms with Crippen LogP contribution in [0.3, 0.4) is 0 Å². The summed E-state index contributed by atoms with van der Waals surface area (Å²) in [6.07, 6.45) is 1.02. The van der Waals surface area contributed by atoms with Gasteiger partial charge in [0.25, 0.3) is 15.9 Å². The lowest BCUT2D eigenvalue weighted by atomic mass is 10.1. The van der Waals surface area contributed by atoms with Gasteiger partial charge in [0.1, 0.15) is 17.2 Å². The number of rotatable bonds is 7. The van der Waals surface area contributed by atoms with E-state index in [0.717, 1.165) is 5.56 Å². The Morgan fingerprint density at radius 1 is 1.05 bits per heavy atom. The molecule has 5 rings (SSSR count). The van der Waals surface area contributed by atoms with Crippen LogP contribution in [0.4, 0.5) is 17.1 Å². The van der Waals surface area contributed by atoms with Crippen molar-refractivity contribution in [3.63, 3.8) is 0 Å². The summed E-state index contributed by atoms with van der Waals surface area (Å²) >= 11 is 0. The number of hydrogen-bond acceptors (Lipinski definition) is 8. The number of anilines is 2. The Morgan fingerprint density at radius 3 is 2.56 bits per heavy atom. The molecule has 0 saturated heterocycles. The number of carbonyl (C=O) groups excluding carboxylic acids is 2. The minimum absolute atomic E-state index is 0.0217. The number of para-hydroxylation sites is 3. The Morgan fingerprint density at radius 2 is 1.80 bits per heavy atom. The van der Waals surface area contributed by atoms with Gasteiger partial charge in [-0.2, -0.15) is 0 Å². The van der Waals surface area contributed by atoms with Crippen LogP contribution < -0.4 is 19.7 Å². The zero-order valence-electron chi connectivity index (χ0n) is 22.9. The van der Waals surface area contributed by atoms with E-state index in [1.807, 2.05) is 31.2 Å². The molecular weight excluding hydrogens is 544 g/mol. The molecule has 3 aromatic rings. The van der Waals surface area contributed by atoms with Crippen LogP contribution in [0.15, 0.2) is 87.9 Å². The van der Waals surface area contributed by atoms with Gasteiger partial charge in [-0.3, -0.25) is 9.10 Å². The van der Waals surface area contributed by atoms with Gasteiger partial charge in [-0.15, -0.1) is 0 Å². The van der Waals surface area contributed by atoms with Crippen LogP contribution in [0.25, 0.3) is 0 Å². The molecule has 0 unspecified atom stereocenters. The van der Waals surface area contributed by atoms with Gasteiger partial charge in [0, 0.05) is 12.2 Å². The Labute approximate surface area is 238 Å². The van der Waals surface area contributed by atoms with E-state index in [-0.39, 0.29) is 34.2 Å². The zero-order valence-corrected chi connectivity index (χ0v) is 23.7. The number of hydrogen-bond donors (Lipinski definition) is 2. The van der Waals surface area contributed by atoms with Crippen LogP contribution in [0, 0.1) is 0 Å². The lowest BCUT2D eigenvalue weighted by Gasteiger charge is -2.20. The lowest BCUT2D eigenvalue weighted by Crippen LogP contribution is -2.36. The Balaban J connectivity index is 1.55. The summed E-state index contributed by atoms with van der Waals surface area (Å²) < 4.78 is 39.4. The summed E-state index contributed by atoms with van der Waals surface area (Å²) in [6.45, 7) is 3.98. The van der Waals surface area contributed by atoms with E-state index in [0.29, 0.717) is 42.1 Å². The van der Waals surface area contributed by atoms with Crippen molar-refractivity contribution in [1.29, 1.82) is 0 Å². The normalized spacial score (nSPS) is 14.3. The maximum absolute atomic E-state index is 13.8. The molecular formula is C30H30N4O6S. The van der Waals surface area contributed by atoms with E-state index in [9.17, 15) is 18.0 Å². The average molecular weight is 575 g/mol. The van der Waals surface area contributed by atoms with Gasteiger partial charge in [-0.05, 0) is 61.7 Å². The van der Waals surface area contributed by atoms with Gasteiger partial charge >= 0.3 is 5.97 Å². The molecule has 2 heterocycles. The monoisotopic (exact) mass is 574 g/mol. The number of carbonyl (C=O) groups is 2. The largest absolute Gasteiger partial charge is 0.496 e. The molecule has 2 N–H and O–H groups in total. The maximum Gasteiger partial charge on any atom is 0.343 e. The fourth-order valence-corrected chi connectivity index (χ4v) is 6.41. The average Bonchev–Trinajstić information content (AvgIpc) is 3.35. The number of benzene rings is 3. The number of amidine groups is 1. The predicted octanol–water partition coefficient (Wildman–Crippen LogP) is 4.56. The van der Waals surface area contributed by atoms with Crippen LogP contribution in [0.1, 0.15) is 36.2 Å². The molecule has 0 aromatic heterocycles. The van der Waals surface area contributed by atoms with Crippen molar-refractivity contribution < 1.29 is 27.5 Å². The number of fused-ring (bicyclic) bond motifs is 2. The highest BCUT2D eigenvalue weighted by Crippen LogP contribution is 2.35. The molecule has 2 aliphatic rings. The molecule has 0 atom stereocenters. The Bertz CT molecular complexity index is 1700. The first-order valence-electron chi connectivity index (χ1n) is 13.2. The number of nitrogens with one attached hydrogen (secondary N) is 2. The second kappa shape index (κ2) is 11.5. The van der Waals surface area contributed by atoms with E-state index >= 15 is 0 Å². The number of nitrogens with zero attached hydrogens (tertiary/aromatic N) is 2. The third kappa shape index (κ3) is 5.28. The van der Waals surface area contributed by atoms with E-state index in [1.54, 1.807) is 31.2 Å². The number of methoxy groups -OCH3 is 1. The first-order valence-corrected chi connectivity index (χ1v) is 14.7. The third-order valence-electron chi connectivity index (χ3n) is 6.87. The number of allylic oxidation sites excluding steroid dienone is 1. The highest BCUT2D eigenvalue weighted by molar-refractivity contribution is 7.92. The fraction of sp³-hybridized carbons (Fsp3) is 0.233. The summed E-state index contributed by atoms with van der Waals surface area (Å²) in [5.41, 5.74) is 3.28. The number of esters is 1. The van der Waals surface area contributed by atoms with Crippen molar-refractivity contribution in [3.05, 3.63) is 89.1 Å². The second-order valence-corrected chi connectivity index (χ2v) is 11.2. The van der Waals surface area contributed by atoms with Crippen LogP contribution in [0.5, 0.6) is 5.75 Å². The number of ether oxygens (including phenoxy) is 2. The van der Waals surface area contributed by atoms with Crippen molar-refractivity contribution in [2.24, 2.45) is 4.99 Å². The summed E-state index contributed by atoms with van der Waals surface area (Å²) in [5, 5.41) is 5.97. The minimum Gasteiger partial charge on any atom is -0.496 e. The highest BCUT2D eigenvalue weighted by Gasteiger charge is 2.33. The van der Waals surface area contributed by atoms with Crippen LogP contribution in [0.2, 0.25) is 0 Å². The molecule has 3 aromatic carbocycles. The van der Waals surface area contributed by atoms with Gasteiger partial charge < -0.3 is 20.1 Å². The molecule has 0 aliphatic carbocycles. The van der Waals surface area contributed by atoms with Gasteiger partial charge in [-0.1, -0.05) is 37.3 Å².